The van der Waals surface area contributed by atoms with Crippen molar-refractivity contribution in [3.05, 3.63) is 34.9 Å². The van der Waals surface area contributed by atoms with Crippen molar-refractivity contribution < 1.29 is 9.53 Å². The highest BCUT2D eigenvalue weighted by Gasteiger charge is 2.13. The highest BCUT2D eigenvalue weighted by atomic mass is 16.5. The molecule has 0 radical (unpaired) electrons. The molecular weight excluding hydrogens is 176 g/mol. The number of esters is 1. The number of hydrogen-bond donors (Lipinski definition) is 0. The van der Waals surface area contributed by atoms with Crippen molar-refractivity contribution in [3.8, 4) is 0 Å². The van der Waals surface area contributed by atoms with Crippen molar-refractivity contribution in [1.29, 1.82) is 0 Å². The smallest absolute Gasteiger partial charge is 0.338 e. The molecule has 2 nitrogen and oxygen atoms in total. The Morgan fingerprint density at radius 3 is 2.50 bits per heavy atom. The summed E-state index contributed by atoms with van der Waals surface area (Å²) in [6.07, 6.45) is 0. The van der Waals surface area contributed by atoms with Crippen LogP contribution in [0.5, 0.6) is 0 Å². The van der Waals surface area contributed by atoms with Gasteiger partial charge in [-0.25, -0.2) is 4.79 Å². The van der Waals surface area contributed by atoms with Gasteiger partial charge < -0.3 is 4.74 Å². The van der Waals surface area contributed by atoms with Crippen LogP contribution in [0.15, 0.2) is 18.2 Å². The molecule has 0 bridgehead atoms. The van der Waals surface area contributed by atoms with Crippen LogP contribution in [0.3, 0.4) is 0 Å². The fraction of sp³-hybridized carbons (Fsp3) is 0.417. The number of hydrogen-bond acceptors (Lipinski definition) is 2. The average Bonchev–Trinajstić information content (AvgIpc) is 2.16. The minimum Gasteiger partial charge on any atom is -0.465 e. The molecule has 0 fully saturated rings. The number of carbonyl (C=O) groups excluding carboxylic acids is 1. The van der Waals surface area contributed by atoms with Gasteiger partial charge in [0.25, 0.3) is 0 Å². The summed E-state index contributed by atoms with van der Waals surface area (Å²) in [6.45, 7) is 6.10. The third-order valence-electron chi connectivity index (χ3n) is 2.24. The predicted octanol–water partition coefficient (Wildman–Crippen LogP) is 2.91. The maximum atomic E-state index is 11.5. The van der Waals surface area contributed by atoms with Gasteiger partial charge in [0.1, 0.15) is 0 Å². The van der Waals surface area contributed by atoms with E-state index in [4.69, 9.17) is 4.74 Å². The molecule has 14 heavy (non-hydrogen) atoms. The summed E-state index contributed by atoms with van der Waals surface area (Å²) in [5.74, 6) is 0.0853. The van der Waals surface area contributed by atoms with Crippen molar-refractivity contribution in [3.63, 3.8) is 0 Å². The maximum Gasteiger partial charge on any atom is 0.338 e. The molecule has 0 heterocycles. The molecule has 1 aromatic carbocycles. The zero-order valence-electron chi connectivity index (χ0n) is 9.13. The molecule has 0 saturated carbocycles. The van der Waals surface area contributed by atoms with Gasteiger partial charge in [0, 0.05) is 0 Å². The third kappa shape index (κ3) is 2.13. The van der Waals surface area contributed by atoms with E-state index in [1.807, 2.05) is 25.1 Å². The van der Waals surface area contributed by atoms with Crippen molar-refractivity contribution in [1.82, 2.24) is 0 Å². The Labute approximate surface area is 84.9 Å². The molecule has 0 aliphatic carbocycles. The Hall–Kier alpha value is -1.31. The lowest BCUT2D eigenvalue weighted by Crippen LogP contribution is -2.07. The SMILES string of the molecule is COC(=O)c1cc(C)ccc1C(C)C. The van der Waals surface area contributed by atoms with Crippen LogP contribution in [0, 0.1) is 6.92 Å². The first kappa shape index (κ1) is 10.8. The lowest BCUT2D eigenvalue weighted by Gasteiger charge is -2.11. The van der Waals surface area contributed by atoms with E-state index in [1.165, 1.54) is 7.11 Å². The Kier molecular flexibility index (Phi) is 3.28. The molecule has 76 valence electrons. The maximum absolute atomic E-state index is 11.5. The van der Waals surface area contributed by atoms with Gasteiger partial charge >= 0.3 is 5.97 Å². The number of rotatable bonds is 2. The molecule has 0 N–H and O–H groups in total. The van der Waals surface area contributed by atoms with Gasteiger partial charge in [-0.1, -0.05) is 31.5 Å². The average molecular weight is 192 g/mol. The molecule has 2 heteroatoms. The van der Waals surface area contributed by atoms with Crippen LogP contribution in [0.4, 0.5) is 0 Å². The summed E-state index contributed by atoms with van der Waals surface area (Å²) in [6, 6.07) is 5.88. The van der Waals surface area contributed by atoms with Crippen molar-refractivity contribution in [2.45, 2.75) is 26.7 Å². The van der Waals surface area contributed by atoms with E-state index in [-0.39, 0.29) is 5.97 Å². The first-order valence-electron chi connectivity index (χ1n) is 4.75. The highest BCUT2D eigenvalue weighted by molar-refractivity contribution is 5.91. The molecule has 0 spiro atoms. The second-order valence-electron chi connectivity index (χ2n) is 3.74. The molecule has 0 amide bonds. The molecule has 0 unspecified atom stereocenters. The number of carbonyl (C=O) groups is 1. The van der Waals surface area contributed by atoms with Crippen LogP contribution >= 0.6 is 0 Å². The summed E-state index contributed by atoms with van der Waals surface area (Å²) >= 11 is 0. The normalized spacial score (nSPS) is 10.4. The van der Waals surface area contributed by atoms with Gasteiger partial charge in [0.05, 0.1) is 12.7 Å². The second-order valence-corrected chi connectivity index (χ2v) is 3.74. The van der Waals surface area contributed by atoms with Crippen molar-refractivity contribution in [2.24, 2.45) is 0 Å². The summed E-state index contributed by atoms with van der Waals surface area (Å²) in [5.41, 5.74) is 2.81. The van der Waals surface area contributed by atoms with E-state index in [9.17, 15) is 4.79 Å². The first-order chi connectivity index (χ1) is 6.56. The molecule has 1 aromatic rings. The quantitative estimate of drug-likeness (QED) is 0.673. The van der Waals surface area contributed by atoms with Crippen LogP contribution in [0.1, 0.15) is 41.3 Å². The van der Waals surface area contributed by atoms with Gasteiger partial charge in [-0.15, -0.1) is 0 Å². The van der Waals surface area contributed by atoms with Crippen LogP contribution in [0.25, 0.3) is 0 Å². The standard InChI is InChI=1S/C12H16O2/c1-8(2)10-6-5-9(3)7-11(10)12(13)14-4/h5-8H,1-4H3. The Morgan fingerprint density at radius 2 is 2.00 bits per heavy atom. The molecule has 0 atom stereocenters. The van der Waals surface area contributed by atoms with Gasteiger partial charge in [0.15, 0.2) is 0 Å². The van der Waals surface area contributed by atoms with Crippen molar-refractivity contribution >= 4 is 5.97 Å². The first-order valence-corrected chi connectivity index (χ1v) is 4.75. The van der Waals surface area contributed by atoms with Crippen LogP contribution in [-0.2, 0) is 4.74 Å². The summed E-state index contributed by atoms with van der Waals surface area (Å²) in [7, 11) is 1.41. The van der Waals surface area contributed by atoms with Gasteiger partial charge in [-0.3, -0.25) is 0 Å². The summed E-state index contributed by atoms with van der Waals surface area (Å²) in [4.78, 5) is 11.5. The van der Waals surface area contributed by atoms with Gasteiger partial charge in [-0.05, 0) is 24.5 Å². The zero-order chi connectivity index (χ0) is 10.7. The number of methoxy groups -OCH3 is 1. The summed E-state index contributed by atoms with van der Waals surface area (Å²) < 4.78 is 4.74. The monoisotopic (exact) mass is 192 g/mol. The zero-order valence-corrected chi connectivity index (χ0v) is 9.13. The largest absolute Gasteiger partial charge is 0.465 e. The van der Waals surface area contributed by atoms with E-state index in [2.05, 4.69) is 13.8 Å². The fourth-order valence-electron chi connectivity index (χ4n) is 1.46. The Morgan fingerprint density at radius 1 is 1.36 bits per heavy atom. The fourth-order valence-corrected chi connectivity index (χ4v) is 1.46. The topological polar surface area (TPSA) is 26.3 Å². The minimum absolute atomic E-state index is 0.252. The van der Waals surface area contributed by atoms with E-state index in [0.29, 0.717) is 11.5 Å². The van der Waals surface area contributed by atoms with Crippen LogP contribution in [0.2, 0.25) is 0 Å². The van der Waals surface area contributed by atoms with E-state index in [1.54, 1.807) is 0 Å². The molecule has 1 rings (SSSR count). The summed E-state index contributed by atoms with van der Waals surface area (Å²) in [5, 5.41) is 0. The molecule has 0 aromatic heterocycles. The molecule has 0 saturated heterocycles. The number of aryl methyl sites for hydroxylation is 1. The van der Waals surface area contributed by atoms with Gasteiger partial charge in [-0.2, -0.15) is 0 Å². The van der Waals surface area contributed by atoms with Gasteiger partial charge in [0.2, 0.25) is 0 Å². The lowest BCUT2D eigenvalue weighted by atomic mass is 9.96. The van der Waals surface area contributed by atoms with E-state index < -0.39 is 0 Å². The van der Waals surface area contributed by atoms with Crippen molar-refractivity contribution in [2.75, 3.05) is 7.11 Å². The lowest BCUT2D eigenvalue weighted by molar-refractivity contribution is 0.0599. The Bertz CT molecular complexity index is 340. The number of benzene rings is 1. The molecule has 0 aliphatic rings. The Balaban J connectivity index is 3.22. The third-order valence-corrected chi connectivity index (χ3v) is 2.24. The van der Waals surface area contributed by atoms with Crippen LogP contribution < -0.4 is 0 Å². The second kappa shape index (κ2) is 4.27. The van der Waals surface area contributed by atoms with Crippen LogP contribution in [-0.4, -0.2) is 13.1 Å². The minimum atomic E-state index is -0.252. The number of ether oxygens (including phenoxy) is 1. The molecule has 0 aliphatic heterocycles. The van der Waals surface area contributed by atoms with E-state index >= 15 is 0 Å². The predicted molar refractivity (Wildman–Crippen MR) is 56.6 cm³/mol. The van der Waals surface area contributed by atoms with E-state index in [0.717, 1.165) is 11.1 Å². The highest BCUT2D eigenvalue weighted by Crippen LogP contribution is 2.21. The molecular formula is C12H16O2.